The SMILES string of the molecule is CN(C)Cc1cccc(CN2CCc3[nH]nc(-c4ccccc4)c3CC2)c1. The third-order valence-corrected chi connectivity index (χ3v) is 5.25. The van der Waals surface area contributed by atoms with Crippen LogP contribution < -0.4 is 0 Å². The lowest BCUT2D eigenvalue weighted by Crippen LogP contribution is -2.26. The lowest BCUT2D eigenvalue weighted by molar-refractivity contribution is 0.278. The maximum atomic E-state index is 4.61. The summed E-state index contributed by atoms with van der Waals surface area (Å²) in [4.78, 5) is 4.78. The van der Waals surface area contributed by atoms with Gasteiger partial charge in [0.05, 0.1) is 5.69 Å². The molecule has 1 aliphatic heterocycles. The van der Waals surface area contributed by atoms with Crippen molar-refractivity contribution in [3.8, 4) is 11.3 Å². The van der Waals surface area contributed by atoms with Crippen LogP contribution in [0.15, 0.2) is 54.6 Å². The molecule has 0 amide bonds. The standard InChI is InChI=1S/C23H28N4/c1-26(2)16-18-7-6-8-19(15-18)17-27-13-11-21-22(12-14-27)24-25-23(21)20-9-4-3-5-10-20/h3-10,15H,11-14,16-17H2,1-2H3,(H,24,25). The molecule has 0 bridgehead atoms. The van der Waals surface area contributed by atoms with E-state index in [-0.39, 0.29) is 0 Å². The van der Waals surface area contributed by atoms with E-state index in [1.54, 1.807) is 0 Å². The van der Waals surface area contributed by atoms with Crippen molar-refractivity contribution in [2.24, 2.45) is 0 Å². The third kappa shape index (κ3) is 4.29. The normalized spacial score (nSPS) is 14.9. The van der Waals surface area contributed by atoms with Gasteiger partial charge < -0.3 is 4.90 Å². The summed E-state index contributed by atoms with van der Waals surface area (Å²) in [5, 5.41) is 7.91. The van der Waals surface area contributed by atoms with Gasteiger partial charge in [-0.3, -0.25) is 10.00 Å². The van der Waals surface area contributed by atoms with Crippen molar-refractivity contribution < 1.29 is 0 Å². The monoisotopic (exact) mass is 360 g/mol. The Labute approximate surface area is 161 Å². The van der Waals surface area contributed by atoms with Gasteiger partial charge in [0.2, 0.25) is 0 Å². The van der Waals surface area contributed by atoms with Crippen LogP contribution in [0.2, 0.25) is 0 Å². The number of nitrogens with one attached hydrogen (secondary N) is 1. The summed E-state index contributed by atoms with van der Waals surface area (Å²) in [5.74, 6) is 0. The van der Waals surface area contributed by atoms with Crippen LogP contribution in [0, 0.1) is 0 Å². The van der Waals surface area contributed by atoms with E-state index in [1.165, 1.54) is 27.9 Å². The lowest BCUT2D eigenvalue weighted by Gasteiger charge is -2.20. The Kier molecular flexibility index (Phi) is 5.37. The molecule has 2 heterocycles. The number of nitrogens with zero attached hydrogens (tertiary/aromatic N) is 3. The van der Waals surface area contributed by atoms with Crippen molar-refractivity contribution >= 4 is 0 Å². The molecule has 0 fully saturated rings. The summed E-state index contributed by atoms with van der Waals surface area (Å²) in [6.07, 6.45) is 2.08. The van der Waals surface area contributed by atoms with Crippen molar-refractivity contribution in [2.75, 3.05) is 27.2 Å². The van der Waals surface area contributed by atoms with Gasteiger partial charge in [0.15, 0.2) is 0 Å². The Bertz CT molecular complexity index is 882. The van der Waals surface area contributed by atoms with Crippen molar-refractivity contribution in [1.29, 1.82) is 0 Å². The predicted octanol–water partition coefficient (Wildman–Crippen LogP) is 3.74. The highest BCUT2D eigenvalue weighted by atomic mass is 15.2. The zero-order chi connectivity index (χ0) is 18.6. The van der Waals surface area contributed by atoms with E-state index >= 15 is 0 Å². The second-order valence-electron chi connectivity index (χ2n) is 7.73. The van der Waals surface area contributed by atoms with Gasteiger partial charge in [0, 0.05) is 49.4 Å². The maximum absolute atomic E-state index is 4.61. The summed E-state index contributed by atoms with van der Waals surface area (Å²) in [6.45, 7) is 4.15. The molecule has 1 aromatic heterocycles. The van der Waals surface area contributed by atoms with Crippen molar-refractivity contribution in [2.45, 2.75) is 25.9 Å². The minimum Gasteiger partial charge on any atom is -0.305 e. The number of hydrogen-bond acceptors (Lipinski definition) is 3. The predicted molar refractivity (Wildman–Crippen MR) is 111 cm³/mol. The van der Waals surface area contributed by atoms with Crippen LogP contribution in [0.3, 0.4) is 0 Å². The summed E-state index contributed by atoms with van der Waals surface area (Å²) in [5.41, 5.74) is 7.82. The van der Waals surface area contributed by atoms with E-state index in [4.69, 9.17) is 0 Å². The third-order valence-electron chi connectivity index (χ3n) is 5.25. The highest BCUT2D eigenvalue weighted by Gasteiger charge is 2.20. The molecule has 4 nitrogen and oxygen atoms in total. The van der Waals surface area contributed by atoms with Gasteiger partial charge in [-0.15, -0.1) is 0 Å². The largest absolute Gasteiger partial charge is 0.305 e. The zero-order valence-electron chi connectivity index (χ0n) is 16.3. The number of hydrogen-bond donors (Lipinski definition) is 1. The van der Waals surface area contributed by atoms with Crippen LogP contribution in [0.5, 0.6) is 0 Å². The highest BCUT2D eigenvalue weighted by Crippen LogP contribution is 2.26. The summed E-state index contributed by atoms with van der Waals surface area (Å²) in [6, 6.07) is 19.5. The first kappa shape index (κ1) is 18.0. The van der Waals surface area contributed by atoms with Crippen molar-refractivity contribution in [1.82, 2.24) is 20.0 Å². The molecule has 1 N–H and O–H groups in total. The quantitative estimate of drug-likeness (QED) is 0.753. The van der Waals surface area contributed by atoms with Crippen LogP contribution in [-0.2, 0) is 25.9 Å². The second kappa shape index (κ2) is 8.07. The number of fused-ring (bicyclic) bond motifs is 1. The zero-order valence-corrected chi connectivity index (χ0v) is 16.3. The molecular weight excluding hydrogens is 332 g/mol. The molecular formula is C23H28N4. The lowest BCUT2D eigenvalue weighted by atomic mass is 10.0. The first-order valence-electron chi connectivity index (χ1n) is 9.75. The Balaban J connectivity index is 1.46. The Morgan fingerprint density at radius 1 is 0.963 bits per heavy atom. The molecule has 2 aromatic carbocycles. The molecule has 140 valence electrons. The number of aromatic amines is 1. The molecule has 0 unspecified atom stereocenters. The Hall–Kier alpha value is -2.43. The Morgan fingerprint density at radius 2 is 1.74 bits per heavy atom. The number of benzene rings is 2. The average Bonchev–Trinajstić information content (AvgIpc) is 2.97. The second-order valence-corrected chi connectivity index (χ2v) is 7.73. The van der Waals surface area contributed by atoms with Gasteiger partial charge in [-0.25, -0.2) is 0 Å². The van der Waals surface area contributed by atoms with E-state index in [1.807, 2.05) is 0 Å². The van der Waals surface area contributed by atoms with E-state index in [9.17, 15) is 0 Å². The van der Waals surface area contributed by atoms with Gasteiger partial charge in [0.25, 0.3) is 0 Å². The molecule has 4 heteroatoms. The number of rotatable bonds is 5. The minimum atomic E-state index is 0.991. The topological polar surface area (TPSA) is 35.2 Å². The molecule has 4 rings (SSSR count). The summed E-state index contributed by atoms with van der Waals surface area (Å²) >= 11 is 0. The molecule has 3 aromatic rings. The molecule has 0 aliphatic carbocycles. The summed E-state index contributed by atoms with van der Waals surface area (Å²) in [7, 11) is 4.24. The molecule has 0 saturated heterocycles. The minimum absolute atomic E-state index is 0.991. The first-order valence-corrected chi connectivity index (χ1v) is 9.75. The van der Waals surface area contributed by atoms with E-state index in [0.29, 0.717) is 0 Å². The van der Waals surface area contributed by atoms with Crippen LogP contribution in [0.1, 0.15) is 22.4 Å². The smallest absolute Gasteiger partial charge is 0.0955 e. The van der Waals surface area contributed by atoms with E-state index < -0.39 is 0 Å². The Morgan fingerprint density at radius 3 is 2.56 bits per heavy atom. The molecule has 1 aliphatic rings. The average molecular weight is 361 g/mol. The molecule has 0 saturated carbocycles. The van der Waals surface area contributed by atoms with Gasteiger partial charge in [-0.05, 0) is 31.6 Å². The number of aromatic nitrogens is 2. The molecule has 27 heavy (non-hydrogen) atoms. The maximum Gasteiger partial charge on any atom is 0.0955 e. The molecule has 0 radical (unpaired) electrons. The van der Waals surface area contributed by atoms with Gasteiger partial charge in [-0.2, -0.15) is 5.10 Å². The van der Waals surface area contributed by atoms with Crippen molar-refractivity contribution in [3.63, 3.8) is 0 Å². The van der Waals surface area contributed by atoms with E-state index in [0.717, 1.165) is 44.7 Å². The fraction of sp³-hybridized carbons (Fsp3) is 0.348. The van der Waals surface area contributed by atoms with Crippen LogP contribution in [-0.4, -0.2) is 47.2 Å². The van der Waals surface area contributed by atoms with Crippen molar-refractivity contribution in [3.05, 3.63) is 77.0 Å². The van der Waals surface area contributed by atoms with Gasteiger partial charge >= 0.3 is 0 Å². The fourth-order valence-corrected chi connectivity index (χ4v) is 3.97. The molecule has 0 atom stereocenters. The van der Waals surface area contributed by atoms with Crippen LogP contribution in [0.25, 0.3) is 11.3 Å². The summed E-state index contributed by atoms with van der Waals surface area (Å²) < 4.78 is 0. The fourth-order valence-electron chi connectivity index (χ4n) is 3.97. The van der Waals surface area contributed by atoms with Crippen LogP contribution >= 0.6 is 0 Å². The van der Waals surface area contributed by atoms with Crippen LogP contribution in [0.4, 0.5) is 0 Å². The number of H-pyrrole nitrogens is 1. The van der Waals surface area contributed by atoms with Gasteiger partial charge in [0.1, 0.15) is 0 Å². The van der Waals surface area contributed by atoms with Gasteiger partial charge in [-0.1, -0.05) is 54.6 Å². The highest BCUT2D eigenvalue weighted by molar-refractivity contribution is 5.64. The van der Waals surface area contributed by atoms with E-state index in [2.05, 4.69) is 88.7 Å². The first-order chi connectivity index (χ1) is 13.2. The molecule has 0 spiro atoms.